The van der Waals surface area contributed by atoms with Gasteiger partial charge in [0.05, 0.1) is 6.61 Å². The molecule has 1 aliphatic heterocycles. The van der Waals surface area contributed by atoms with Crippen LogP contribution in [0.15, 0.2) is 17.0 Å². The number of thioether (sulfide) groups is 1. The third-order valence-electron chi connectivity index (χ3n) is 3.02. The van der Waals surface area contributed by atoms with Crippen molar-refractivity contribution in [1.29, 1.82) is 0 Å². The first kappa shape index (κ1) is 16.0. The molecular formula is C12H15ClFNO3S2. The summed E-state index contributed by atoms with van der Waals surface area (Å²) in [6.07, 6.45) is 1.67. The Balaban J connectivity index is 2.31. The van der Waals surface area contributed by atoms with Gasteiger partial charge in [-0.2, -0.15) is 11.8 Å². The van der Waals surface area contributed by atoms with Crippen molar-refractivity contribution in [3.05, 3.63) is 28.5 Å². The second-order valence-electron chi connectivity index (χ2n) is 4.57. The van der Waals surface area contributed by atoms with Gasteiger partial charge in [0.1, 0.15) is 10.7 Å². The summed E-state index contributed by atoms with van der Waals surface area (Å²) in [6, 6.07) is 2.08. The van der Waals surface area contributed by atoms with E-state index in [1.165, 1.54) is 6.07 Å². The third kappa shape index (κ3) is 3.65. The molecule has 112 valence electrons. The molecule has 2 rings (SSSR count). The summed E-state index contributed by atoms with van der Waals surface area (Å²) in [7, 11) is -3.98. The molecule has 1 saturated heterocycles. The Kier molecular flexibility index (Phi) is 5.30. The third-order valence-corrected chi connectivity index (χ3v) is 5.97. The largest absolute Gasteiger partial charge is 0.392 e. The van der Waals surface area contributed by atoms with Crippen molar-refractivity contribution in [3.63, 3.8) is 0 Å². The van der Waals surface area contributed by atoms with Gasteiger partial charge in [0.25, 0.3) is 0 Å². The summed E-state index contributed by atoms with van der Waals surface area (Å²) in [5.74, 6) is 0.736. The molecule has 1 aliphatic rings. The summed E-state index contributed by atoms with van der Waals surface area (Å²) in [5.41, 5.74) is -0.129. The second-order valence-corrected chi connectivity index (χ2v) is 7.84. The molecule has 1 fully saturated rings. The zero-order chi connectivity index (χ0) is 14.8. The molecule has 0 radical (unpaired) electrons. The van der Waals surface area contributed by atoms with E-state index in [9.17, 15) is 12.8 Å². The Morgan fingerprint density at radius 2 is 2.25 bits per heavy atom. The zero-order valence-electron chi connectivity index (χ0n) is 10.6. The zero-order valence-corrected chi connectivity index (χ0v) is 13.0. The van der Waals surface area contributed by atoms with E-state index in [4.69, 9.17) is 16.7 Å². The van der Waals surface area contributed by atoms with Gasteiger partial charge >= 0.3 is 0 Å². The van der Waals surface area contributed by atoms with Crippen LogP contribution in [-0.4, -0.2) is 31.1 Å². The first-order valence-electron chi connectivity index (χ1n) is 6.13. The van der Waals surface area contributed by atoms with Crippen LogP contribution >= 0.6 is 23.4 Å². The van der Waals surface area contributed by atoms with E-state index in [2.05, 4.69) is 4.72 Å². The molecule has 0 spiro atoms. The number of hydrogen-bond donors (Lipinski definition) is 2. The average Bonchev–Trinajstić information content (AvgIpc) is 2.41. The normalized spacial score (nSPS) is 20.1. The Hall–Kier alpha value is -0.340. The first-order chi connectivity index (χ1) is 9.44. The molecule has 8 heteroatoms. The van der Waals surface area contributed by atoms with Crippen molar-refractivity contribution in [1.82, 2.24) is 4.72 Å². The van der Waals surface area contributed by atoms with E-state index in [-0.39, 0.29) is 16.6 Å². The fourth-order valence-corrected chi connectivity index (χ4v) is 4.94. The number of halogens is 2. The van der Waals surface area contributed by atoms with Crippen LogP contribution in [-0.2, 0) is 16.6 Å². The number of sulfonamides is 1. The first-order valence-corrected chi connectivity index (χ1v) is 9.14. The van der Waals surface area contributed by atoms with Gasteiger partial charge in [0.2, 0.25) is 10.0 Å². The van der Waals surface area contributed by atoms with E-state index < -0.39 is 27.3 Å². The Morgan fingerprint density at radius 1 is 1.50 bits per heavy atom. The van der Waals surface area contributed by atoms with Crippen molar-refractivity contribution in [2.75, 3.05) is 11.5 Å². The van der Waals surface area contributed by atoms with Gasteiger partial charge in [-0.1, -0.05) is 11.6 Å². The lowest BCUT2D eigenvalue weighted by molar-refractivity contribution is 0.274. The fourth-order valence-electron chi connectivity index (χ4n) is 2.05. The van der Waals surface area contributed by atoms with Gasteiger partial charge in [-0.25, -0.2) is 17.5 Å². The van der Waals surface area contributed by atoms with Gasteiger partial charge < -0.3 is 5.11 Å². The van der Waals surface area contributed by atoms with Crippen LogP contribution in [0, 0.1) is 5.82 Å². The molecule has 20 heavy (non-hydrogen) atoms. The standard InChI is InChI=1S/C12H15ClFNO3S2/c13-9-4-8(6-16)12(14)11(5-9)20(17,18)15-10-2-1-3-19-7-10/h4-5,10,15-16H,1-3,6-7H2. The van der Waals surface area contributed by atoms with Crippen LogP contribution in [0.1, 0.15) is 18.4 Å². The van der Waals surface area contributed by atoms with E-state index in [1.807, 2.05) is 0 Å². The highest BCUT2D eigenvalue weighted by molar-refractivity contribution is 7.99. The molecule has 4 nitrogen and oxygen atoms in total. The molecule has 0 aromatic heterocycles. The number of rotatable bonds is 4. The maximum absolute atomic E-state index is 14.1. The molecule has 1 aromatic rings. The van der Waals surface area contributed by atoms with E-state index in [0.717, 1.165) is 24.7 Å². The number of hydrogen-bond acceptors (Lipinski definition) is 4. The highest BCUT2D eigenvalue weighted by Crippen LogP contribution is 2.25. The molecular weight excluding hydrogens is 325 g/mol. The van der Waals surface area contributed by atoms with Gasteiger partial charge in [-0.15, -0.1) is 0 Å². The molecule has 1 atom stereocenters. The Bertz CT molecular complexity index is 589. The predicted octanol–water partition coefficient (Wildman–Crippen LogP) is 2.15. The highest BCUT2D eigenvalue weighted by atomic mass is 35.5. The van der Waals surface area contributed by atoms with Gasteiger partial charge in [-0.05, 0) is 30.7 Å². The quantitative estimate of drug-likeness (QED) is 0.882. The van der Waals surface area contributed by atoms with Crippen molar-refractivity contribution < 1.29 is 17.9 Å². The van der Waals surface area contributed by atoms with Gasteiger partial charge in [-0.3, -0.25) is 0 Å². The smallest absolute Gasteiger partial charge is 0.243 e. The van der Waals surface area contributed by atoms with Crippen LogP contribution < -0.4 is 4.72 Å². The predicted molar refractivity (Wildman–Crippen MR) is 78.0 cm³/mol. The highest BCUT2D eigenvalue weighted by Gasteiger charge is 2.26. The molecule has 0 bridgehead atoms. The van der Waals surface area contributed by atoms with Crippen LogP contribution in [0.4, 0.5) is 4.39 Å². The molecule has 0 aliphatic carbocycles. The molecule has 1 unspecified atom stereocenters. The summed E-state index contributed by atoms with van der Waals surface area (Å²) in [6.45, 7) is -0.603. The summed E-state index contributed by atoms with van der Waals surface area (Å²) < 4.78 is 41.0. The Labute approximate surface area is 126 Å². The van der Waals surface area contributed by atoms with Crippen molar-refractivity contribution in [3.8, 4) is 0 Å². The molecule has 1 heterocycles. The van der Waals surface area contributed by atoms with E-state index in [0.29, 0.717) is 5.75 Å². The van der Waals surface area contributed by atoms with E-state index >= 15 is 0 Å². The minimum Gasteiger partial charge on any atom is -0.392 e. The lowest BCUT2D eigenvalue weighted by atomic mass is 10.2. The van der Waals surface area contributed by atoms with E-state index in [1.54, 1.807) is 11.8 Å². The average molecular weight is 340 g/mol. The van der Waals surface area contributed by atoms with Crippen molar-refractivity contribution in [2.24, 2.45) is 0 Å². The minimum atomic E-state index is -3.98. The maximum Gasteiger partial charge on any atom is 0.243 e. The van der Waals surface area contributed by atoms with Crippen LogP contribution in [0.3, 0.4) is 0 Å². The number of aliphatic hydroxyl groups is 1. The SMILES string of the molecule is O=S(=O)(NC1CCCSC1)c1cc(Cl)cc(CO)c1F. The number of benzene rings is 1. The van der Waals surface area contributed by atoms with Gasteiger partial charge in [0, 0.05) is 22.4 Å². The summed E-state index contributed by atoms with van der Waals surface area (Å²) >= 11 is 7.44. The molecule has 2 N–H and O–H groups in total. The lowest BCUT2D eigenvalue weighted by Gasteiger charge is -2.22. The van der Waals surface area contributed by atoms with Crippen molar-refractivity contribution in [2.45, 2.75) is 30.4 Å². The molecule has 1 aromatic carbocycles. The molecule has 0 saturated carbocycles. The van der Waals surface area contributed by atoms with Crippen LogP contribution in [0.5, 0.6) is 0 Å². The van der Waals surface area contributed by atoms with Gasteiger partial charge in [0.15, 0.2) is 0 Å². The maximum atomic E-state index is 14.1. The molecule has 0 amide bonds. The lowest BCUT2D eigenvalue weighted by Crippen LogP contribution is -2.38. The second kappa shape index (κ2) is 6.62. The van der Waals surface area contributed by atoms with Crippen LogP contribution in [0.25, 0.3) is 0 Å². The monoisotopic (exact) mass is 339 g/mol. The van der Waals surface area contributed by atoms with Crippen LogP contribution in [0.2, 0.25) is 5.02 Å². The minimum absolute atomic E-state index is 0.0776. The summed E-state index contributed by atoms with van der Waals surface area (Å²) in [4.78, 5) is -0.510. The number of nitrogens with one attached hydrogen (secondary N) is 1. The van der Waals surface area contributed by atoms with Crippen molar-refractivity contribution >= 4 is 33.4 Å². The fraction of sp³-hybridized carbons (Fsp3) is 0.500. The summed E-state index contributed by atoms with van der Waals surface area (Å²) in [5, 5.41) is 9.11. The Morgan fingerprint density at radius 3 is 2.85 bits per heavy atom. The number of aliphatic hydroxyl groups excluding tert-OH is 1. The topological polar surface area (TPSA) is 66.4 Å².